The van der Waals surface area contributed by atoms with Crippen LogP contribution in [0.5, 0.6) is 5.75 Å². The van der Waals surface area contributed by atoms with Crippen LogP contribution in [0.4, 0.5) is 4.39 Å². The molecule has 2 aromatic carbocycles. The molecule has 0 radical (unpaired) electrons. The highest BCUT2D eigenvalue weighted by Gasteiger charge is 2.16. The zero-order valence-corrected chi connectivity index (χ0v) is 14.2. The maximum Gasteiger partial charge on any atom is 0.260 e. The fourth-order valence-electron chi connectivity index (χ4n) is 2.16. The Kier molecular flexibility index (Phi) is 6.77. The van der Waals surface area contributed by atoms with Crippen LogP contribution in [0.1, 0.15) is 12.0 Å². The summed E-state index contributed by atoms with van der Waals surface area (Å²) in [4.78, 5) is 25.0. The Labute approximate surface area is 150 Å². The number of nitrogens with two attached hydrogens (primary N) is 1. The van der Waals surface area contributed by atoms with Gasteiger partial charge in [-0.15, -0.1) is 0 Å². The molecule has 0 heterocycles. The average Bonchev–Trinajstić information content (AvgIpc) is 2.58. The van der Waals surface area contributed by atoms with E-state index in [-0.39, 0.29) is 36.3 Å². The molecule has 0 bridgehead atoms. The lowest BCUT2D eigenvalue weighted by Gasteiger charge is -2.22. The molecular weight excluding hydrogens is 347 g/mol. The summed E-state index contributed by atoms with van der Waals surface area (Å²) in [6.45, 7) is 0.230. The van der Waals surface area contributed by atoms with Crippen molar-refractivity contribution in [3.05, 3.63) is 64.9 Å². The minimum absolute atomic E-state index is 0.0515. The van der Waals surface area contributed by atoms with Gasteiger partial charge in [0, 0.05) is 19.5 Å². The van der Waals surface area contributed by atoms with Gasteiger partial charge in [0.25, 0.3) is 5.91 Å². The van der Waals surface area contributed by atoms with Crippen molar-refractivity contribution in [3.63, 3.8) is 0 Å². The maximum absolute atomic E-state index is 13.0. The second kappa shape index (κ2) is 9.03. The van der Waals surface area contributed by atoms with Gasteiger partial charge in [-0.1, -0.05) is 41.9 Å². The molecule has 0 fully saturated rings. The SMILES string of the molecule is NC(=O)CCN(Cc1ccccc1)C(=O)COc1ccc(F)cc1Cl. The zero-order valence-electron chi connectivity index (χ0n) is 13.5. The van der Waals surface area contributed by atoms with Gasteiger partial charge >= 0.3 is 0 Å². The first kappa shape index (κ1) is 18.7. The molecule has 0 aromatic heterocycles. The van der Waals surface area contributed by atoms with Crippen LogP contribution in [0.15, 0.2) is 48.5 Å². The number of hydrogen-bond acceptors (Lipinski definition) is 3. The first-order valence-corrected chi connectivity index (χ1v) is 8.01. The first-order chi connectivity index (χ1) is 12.0. The molecule has 2 amide bonds. The number of carbonyl (C=O) groups is 2. The fraction of sp³-hybridized carbons (Fsp3) is 0.222. The van der Waals surface area contributed by atoms with Gasteiger partial charge in [0.15, 0.2) is 6.61 Å². The van der Waals surface area contributed by atoms with Gasteiger partial charge in [0.05, 0.1) is 5.02 Å². The van der Waals surface area contributed by atoms with Gasteiger partial charge in [-0.25, -0.2) is 4.39 Å². The van der Waals surface area contributed by atoms with Crippen LogP contribution < -0.4 is 10.5 Å². The Balaban J connectivity index is 2.02. The number of primary amides is 1. The lowest BCUT2D eigenvalue weighted by Crippen LogP contribution is -2.36. The Morgan fingerprint density at radius 3 is 2.52 bits per heavy atom. The molecule has 5 nitrogen and oxygen atoms in total. The smallest absolute Gasteiger partial charge is 0.260 e. The molecule has 132 valence electrons. The van der Waals surface area contributed by atoms with Gasteiger partial charge < -0.3 is 15.4 Å². The zero-order chi connectivity index (χ0) is 18.2. The van der Waals surface area contributed by atoms with Crippen molar-refractivity contribution in [3.8, 4) is 5.75 Å². The van der Waals surface area contributed by atoms with E-state index < -0.39 is 11.7 Å². The van der Waals surface area contributed by atoms with Crippen LogP contribution in [-0.2, 0) is 16.1 Å². The van der Waals surface area contributed by atoms with Crippen molar-refractivity contribution in [2.24, 2.45) is 5.73 Å². The van der Waals surface area contributed by atoms with Crippen molar-refractivity contribution >= 4 is 23.4 Å². The first-order valence-electron chi connectivity index (χ1n) is 7.63. The molecule has 2 rings (SSSR count). The van der Waals surface area contributed by atoms with E-state index in [9.17, 15) is 14.0 Å². The summed E-state index contributed by atoms with van der Waals surface area (Å²) in [6, 6.07) is 13.0. The lowest BCUT2D eigenvalue weighted by molar-refractivity contribution is -0.134. The predicted octanol–water partition coefficient (Wildman–Crippen LogP) is 2.76. The topological polar surface area (TPSA) is 72.6 Å². The number of benzene rings is 2. The normalized spacial score (nSPS) is 10.3. The Morgan fingerprint density at radius 1 is 1.16 bits per heavy atom. The summed E-state index contributed by atoms with van der Waals surface area (Å²) in [7, 11) is 0. The number of hydrogen-bond donors (Lipinski definition) is 1. The van der Waals surface area contributed by atoms with Gasteiger partial charge in [-0.05, 0) is 23.8 Å². The summed E-state index contributed by atoms with van der Waals surface area (Å²) in [5.41, 5.74) is 6.09. The summed E-state index contributed by atoms with van der Waals surface area (Å²) >= 11 is 5.87. The van der Waals surface area contributed by atoms with Crippen LogP contribution in [-0.4, -0.2) is 29.9 Å². The van der Waals surface area contributed by atoms with E-state index in [1.807, 2.05) is 30.3 Å². The van der Waals surface area contributed by atoms with E-state index >= 15 is 0 Å². The van der Waals surface area contributed by atoms with E-state index in [0.717, 1.165) is 11.6 Å². The van der Waals surface area contributed by atoms with Crippen molar-refractivity contribution in [1.29, 1.82) is 0 Å². The maximum atomic E-state index is 13.0. The summed E-state index contributed by atoms with van der Waals surface area (Å²) in [5, 5.41) is 0.0829. The second-order valence-electron chi connectivity index (χ2n) is 5.38. The molecule has 0 spiro atoms. The number of rotatable bonds is 8. The van der Waals surface area contributed by atoms with Gasteiger partial charge in [-0.2, -0.15) is 0 Å². The molecule has 0 saturated heterocycles. The van der Waals surface area contributed by atoms with Crippen LogP contribution in [0.2, 0.25) is 5.02 Å². The van der Waals surface area contributed by atoms with E-state index in [2.05, 4.69) is 0 Å². The molecule has 2 N–H and O–H groups in total. The van der Waals surface area contributed by atoms with Crippen molar-refractivity contribution in [2.45, 2.75) is 13.0 Å². The molecule has 0 saturated carbocycles. The minimum atomic E-state index is -0.492. The third-order valence-electron chi connectivity index (χ3n) is 3.44. The van der Waals surface area contributed by atoms with Gasteiger partial charge in [-0.3, -0.25) is 9.59 Å². The summed E-state index contributed by atoms with van der Waals surface area (Å²) in [6.07, 6.45) is 0.0515. The van der Waals surface area contributed by atoms with Gasteiger partial charge in [0.1, 0.15) is 11.6 Å². The summed E-state index contributed by atoms with van der Waals surface area (Å²) in [5.74, 6) is -1.10. The van der Waals surface area contributed by atoms with E-state index in [1.54, 1.807) is 0 Å². The van der Waals surface area contributed by atoms with E-state index in [4.69, 9.17) is 22.1 Å². The molecule has 0 unspecified atom stereocenters. The average molecular weight is 365 g/mol. The molecule has 0 atom stereocenters. The molecule has 2 aromatic rings. The predicted molar refractivity (Wildman–Crippen MR) is 92.6 cm³/mol. The lowest BCUT2D eigenvalue weighted by atomic mass is 10.2. The Bertz CT molecular complexity index is 740. The standard InChI is InChI=1S/C18H18ClFN2O3/c19-15-10-14(20)6-7-16(15)25-12-18(24)22(9-8-17(21)23)11-13-4-2-1-3-5-13/h1-7,10H,8-9,11-12H2,(H2,21,23). The molecule has 0 aliphatic rings. The molecule has 25 heavy (non-hydrogen) atoms. The van der Waals surface area contributed by atoms with Crippen LogP contribution >= 0.6 is 11.6 Å². The highest BCUT2D eigenvalue weighted by molar-refractivity contribution is 6.32. The van der Waals surface area contributed by atoms with Crippen LogP contribution in [0.3, 0.4) is 0 Å². The largest absolute Gasteiger partial charge is 0.482 e. The van der Waals surface area contributed by atoms with Crippen LogP contribution in [0, 0.1) is 5.82 Å². The molecular formula is C18H18ClFN2O3. The highest BCUT2D eigenvalue weighted by atomic mass is 35.5. The van der Waals surface area contributed by atoms with Crippen LogP contribution in [0.25, 0.3) is 0 Å². The molecule has 7 heteroatoms. The van der Waals surface area contributed by atoms with E-state index in [1.165, 1.54) is 17.0 Å². The second-order valence-corrected chi connectivity index (χ2v) is 5.79. The number of nitrogens with zero attached hydrogens (tertiary/aromatic N) is 1. The summed E-state index contributed by atoms with van der Waals surface area (Å²) < 4.78 is 18.4. The highest BCUT2D eigenvalue weighted by Crippen LogP contribution is 2.24. The van der Waals surface area contributed by atoms with E-state index in [0.29, 0.717) is 6.54 Å². The number of ether oxygens (including phenoxy) is 1. The molecule has 0 aliphatic carbocycles. The quantitative estimate of drug-likeness (QED) is 0.782. The minimum Gasteiger partial charge on any atom is -0.482 e. The van der Waals surface area contributed by atoms with Crippen molar-refractivity contribution in [2.75, 3.05) is 13.2 Å². The van der Waals surface area contributed by atoms with Crippen molar-refractivity contribution in [1.82, 2.24) is 4.90 Å². The third kappa shape index (κ3) is 6.08. The van der Waals surface area contributed by atoms with Gasteiger partial charge in [0.2, 0.25) is 5.91 Å². The fourth-order valence-corrected chi connectivity index (χ4v) is 2.39. The number of carbonyl (C=O) groups excluding carboxylic acids is 2. The monoisotopic (exact) mass is 364 g/mol. The number of halogens is 2. The van der Waals surface area contributed by atoms with Crippen molar-refractivity contribution < 1.29 is 18.7 Å². The Hall–Kier alpha value is -2.60. The third-order valence-corrected chi connectivity index (χ3v) is 3.74. The Morgan fingerprint density at radius 2 is 1.88 bits per heavy atom. The molecule has 0 aliphatic heterocycles. The number of amides is 2.